The summed E-state index contributed by atoms with van der Waals surface area (Å²) in [5.41, 5.74) is 2.21. The zero-order chi connectivity index (χ0) is 22.3. The van der Waals surface area contributed by atoms with Crippen LogP contribution in [0.15, 0.2) is 66.0 Å². The fraction of sp³-hybridized carbons (Fsp3) is 0.320. The van der Waals surface area contributed by atoms with E-state index in [1.165, 1.54) is 0 Å². The van der Waals surface area contributed by atoms with Gasteiger partial charge in [-0.1, -0.05) is 30.3 Å². The SMILES string of the molecule is COc1ccc(OCC(O)CN2CCC(=O)N(Cc3ccccc3)Cc3sccc32)cc1. The first-order chi connectivity index (χ1) is 15.6. The Morgan fingerprint density at radius 3 is 2.53 bits per heavy atom. The number of hydrogen-bond donors (Lipinski definition) is 1. The molecular weight excluding hydrogens is 424 g/mol. The first-order valence-corrected chi connectivity index (χ1v) is 11.6. The Bertz CT molecular complexity index is 1010. The van der Waals surface area contributed by atoms with Crippen molar-refractivity contribution >= 4 is 22.9 Å². The molecule has 2 heterocycles. The fourth-order valence-electron chi connectivity index (χ4n) is 3.81. The van der Waals surface area contributed by atoms with Crippen LogP contribution in [0.3, 0.4) is 0 Å². The van der Waals surface area contributed by atoms with Gasteiger partial charge in [0.2, 0.25) is 5.91 Å². The number of β-amino-alcohol motifs (C(OH)–C–C–N with tert-alkyl or cyclic N) is 1. The molecule has 1 aromatic heterocycles. The van der Waals surface area contributed by atoms with Gasteiger partial charge in [-0.15, -0.1) is 11.3 Å². The molecule has 1 atom stereocenters. The van der Waals surface area contributed by atoms with Gasteiger partial charge >= 0.3 is 0 Å². The van der Waals surface area contributed by atoms with Crippen molar-refractivity contribution in [1.29, 1.82) is 0 Å². The number of amides is 1. The number of hydrogen-bond acceptors (Lipinski definition) is 6. The maximum atomic E-state index is 12.9. The van der Waals surface area contributed by atoms with Crippen LogP contribution in [0.4, 0.5) is 5.69 Å². The third-order valence-corrected chi connectivity index (χ3v) is 6.39. The highest BCUT2D eigenvalue weighted by molar-refractivity contribution is 7.10. The number of rotatable bonds is 8. The number of thiophene rings is 1. The molecule has 4 rings (SSSR count). The first-order valence-electron chi connectivity index (χ1n) is 10.7. The number of methoxy groups -OCH3 is 1. The van der Waals surface area contributed by atoms with E-state index in [-0.39, 0.29) is 12.5 Å². The summed E-state index contributed by atoms with van der Waals surface area (Å²) in [7, 11) is 1.62. The van der Waals surface area contributed by atoms with Crippen LogP contribution in [0.2, 0.25) is 0 Å². The Kier molecular flexibility index (Phi) is 7.29. The fourth-order valence-corrected chi connectivity index (χ4v) is 4.72. The molecule has 1 aliphatic heterocycles. The number of anilines is 1. The molecule has 1 unspecified atom stereocenters. The third kappa shape index (κ3) is 5.60. The topological polar surface area (TPSA) is 62.2 Å². The summed E-state index contributed by atoms with van der Waals surface area (Å²) < 4.78 is 10.9. The standard InChI is InChI=1S/C25H28N2O4S/c1-30-21-7-9-22(10-8-21)31-18-20(28)16-26-13-11-25(29)27(15-19-5-3-2-4-6-19)17-24-23(26)12-14-32-24/h2-10,12,14,20,28H,11,13,15-18H2,1H3. The molecule has 0 saturated heterocycles. The molecule has 2 aromatic carbocycles. The van der Waals surface area contributed by atoms with E-state index < -0.39 is 6.10 Å². The summed E-state index contributed by atoms with van der Waals surface area (Å²) in [6.45, 7) is 2.33. The van der Waals surface area contributed by atoms with Crippen molar-refractivity contribution in [2.75, 3.05) is 31.7 Å². The molecule has 0 radical (unpaired) electrons. The Morgan fingerprint density at radius 2 is 1.78 bits per heavy atom. The van der Waals surface area contributed by atoms with Crippen molar-refractivity contribution in [2.24, 2.45) is 0 Å². The number of carbonyl (C=O) groups excluding carboxylic acids is 1. The van der Waals surface area contributed by atoms with E-state index in [4.69, 9.17) is 9.47 Å². The monoisotopic (exact) mass is 452 g/mol. The average Bonchev–Trinajstić information content (AvgIpc) is 3.27. The van der Waals surface area contributed by atoms with Crippen molar-refractivity contribution in [3.8, 4) is 11.5 Å². The van der Waals surface area contributed by atoms with E-state index in [2.05, 4.69) is 11.0 Å². The van der Waals surface area contributed by atoms with Gasteiger partial charge in [0.25, 0.3) is 0 Å². The highest BCUT2D eigenvalue weighted by Gasteiger charge is 2.25. The van der Waals surface area contributed by atoms with Crippen LogP contribution < -0.4 is 14.4 Å². The zero-order valence-corrected chi connectivity index (χ0v) is 19.0. The lowest BCUT2D eigenvalue weighted by Gasteiger charge is -2.32. The van der Waals surface area contributed by atoms with Gasteiger partial charge in [0.15, 0.2) is 0 Å². The second kappa shape index (κ2) is 10.5. The molecule has 168 valence electrons. The second-order valence-corrected chi connectivity index (χ2v) is 8.80. The lowest BCUT2D eigenvalue weighted by atomic mass is 10.1. The molecule has 3 aromatic rings. The highest BCUT2D eigenvalue weighted by Crippen LogP contribution is 2.31. The normalized spacial score (nSPS) is 15.0. The van der Waals surface area contributed by atoms with E-state index in [9.17, 15) is 9.90 Å². The molecule has 7 heteroatoms. The molecule has 1 N–H and O–H groups in total. The van der Waals surface area contributed by atoms with Crippen molar-refractivity contribution in [3.05, 3.63) is 76.5 Å². The lowest BCUT2D eigenvalue weighted by Crippen LogP contribution is -2.41. The van der Waals surface area contributed by atoms with Gasteiger partial charge in [0.1, 0.15) is 24.2 Å². The molecule has 0 aliphatic carbocycles. The van der Waals surface area contributed by atoms with Crippen LogP contribution in [0.25, 0.3) is 0 Å². The number of aliphatic hydroxyl groups is 1. The average molecular weight is 453 g/mol. The number of fused-ring (bicyclic) bond motifs is 1. The van der Waals surface area contributed by atoms with E-state index >= 15 is 0 Å². The molecular formula is C25H28N2O4S. The summed E-state index contributed by atoms with van der Waals surface area (Å²) in [6, 6.07) is 19.4. The van der Waals surface area contributed by atoms with Gasteiger partial charge in [0.05, 0.1) is 19.3 Å². The van der Waals surface area contributed by atoms with Gasteiger partial charge in [-0.25, -0.2) is 0 Å². The molecule has 0 bridgehead atoms. The molecule has 32 heavy (non-hydrogen) atoms. The molecule has 0 fully saturated rings. The maximum absolute atomic E-state index is 12.9. The summed E-state index contributed by atoms with van der Waals surface area (Å²) in [6.07, 6.45) is -0.270. The summed E-state index contributed by atoms with van der Waals surface area (Å²) in [5, 5.41) is 12.7. The minimum atomic E-state index is -0.681. The lowest BCUT2D eigenvalue weighted by molar-refractivity contribution is -0.132. The van der Waals surface area contributed by atoms with E-state index in [1.54, 1.807) is 18.4 Å². The molecule has 0 spiro atoms. The van der Waals surface area contributed by atoms with Crippen molar-refractivity contribution in [2.45, 2.75) is 25.6 Å². The summed E-state index contributed by atoms with van der Waals surface area (Å²) in [4.78, 5) is 18.1. The first kappa shape index (κ1) is 22.2. The molecule has 1 aliphatic rings. The largest absolute Gasteiger partial charge is 0.497 e. The predicted octanol–water partition coefficient (Wildman–Crippen LogP) is 3.94. The van der Waals surface area contributed by atoms with Crippen molar-refractivity contribution in [3.63, 3.8) is 0 Å². The van der Waals surface area contributed by atoms with Gasteiger partial charge in [-0.3, -0.25) is 4.79 Å². The predicted molar refractivity (Wildman–Crippen MR) is 126 cm³/mol. The van der Waals surface area contributed by atoms with E-state index in [0.717, 1.165) is 21.9 Å². The second-order valence-electron chi connectivity index (χ2n) is 7.80. The number of aliphatic hydroxyl groups excluding tert-OH is 1. The minimum Gasteiger partial charge on any atom is -0.497 e. The van der Waals surface area contributed by atoms with Gasteiger partial charge < -0.3 is 24.4 Å². The zero-order valence-electron chi connectivity index (χ0n) is 18.1. The molecule has 0 saturated carbocycles. The van der Waals surface area contributed by atoms with Crippen LogP contribution in [0.1, 0.15) is 16.9 Å². The van der Waals surface area contributed by atoms with Gasteiger partial charge in [-0.05, 0) is 41.3 Å². The molecule has 6 nitrogen and oxygen atoms in total. The summed E-state index contributed by atoms with van der Waals surface area (Å²) in [5.74, 6) is 1.57. The van der Waals surface area contributed by atoms with E-state index in [0.29, 0.717) is 38.3 Å². The Morgan fingerprint density at radius 1 is 1.03 bits per heavy atom. The third-order valence-electron chi connectivity index (χ3n) is 5.49. The smallest absolute Gasteiger partial charge is 0.224 e. The number of ether oxygens (including phenoxy) is 2. The molecule has 1 amide bonds. The van der Waals surface area contributed by atoms with Gasteiger partial charge in [-0.2, -0.15) is 0 Å². The van der Waals surface area contributed by atoms with Crippen LogP contribution in [-0.4, -0.2) is 48.8 Å². The van der Waals surface area contributed by atoms with Crippen LogP contribution in [-0.2, 0) is 17.9 Å². The van der Waals surface area contributed by atoms with Crippen molar-refractivity contribution in [1.82, 2.24) is 4.90 Å². The Hall–Kier alpha value is -3.03. The van der Waals surface area contributed by atoms with Gasteiger partial charge in [0, 0.05) is 30.9 Å². The minimum absolute atomic E-state index is 0.127. The quantitative estimate of drug-likeness (QED) is 0.561. The Balaban J connectivity index is 1.39. The highest BCUT2D eigenvalue weighted by atomic mass is 32.1. The number of nitrogens with zero attached hydrogens (tertiary/aromatic N) is 2. The van der Waals surface area contributed by atoms with E-state index in [1.807, 2.05) is 64.9 Å². The van der Waals surface area contributed by atoms with Crippen LogP contribution in [0, 0.1) is 0 Å². The number of benzene rings is 2. The van der Waals surface area contributed by atoms with Crippen molar-refractivity contribution < 1.29 is 19.4 Å². The summed E-state index contributed by atoms with van der Waals surface area (Å²) >= 11 is 1.65. The van der Waals surface area contributed by atoms with Crippen LogP contribution >= 0.6 is 11.3 Å². The van der Waals surface area contributed by atoms with Crippen LogP contribution in [0.5, 0.6) is 11.5 Å². The number of carbonyl (C=O) groups is 1. The Labute approximate surface area is 192 Å². The maximum Gasteiger partial charge on any atom is 0.224 e.